The third kappa shape index (κ3) is 3.78. The molecule has 0 spiro atoms. The van der Waals surface area contributed by atoms with Gasteiger partial charge in [-0.25, -0.2) is 0 Å². The Kier molecular flexibility index (Phi) is 4.72. The Morgan fingerprint density at radius 2 is 2.28 bits per heavy atom. The number of ether oxygens (including phenoxy) is 1. The number of hydrogen-bond acceptors (Lipinski definition) is 4. The molecular weight excluding hydrogens is 228 g/mol. The van der Waals surface area contributed by atoms with Gasteiger partial charge in [0, 0.05) is 26.2 Å². The molecule has 1 aliphatic rings. The van der Waals surface area contributed by atoms with Gasteiger partial charge in [-0.15, -0.1) is 10.2 Å². The van der Waals surface area contributed by atoms with Gasteiger partial charge in [-0.1, -0.05) is 13.8 Å². The molecule has 1 aliphatic heterocycles. The summed E-state index contributed by atoms with van der Waals surface area (Å²) in [6.07, 6.45) is 3.37. The van der Waals surface area contributed by atoms with Crippen molar-refractivity contribution in [2.24, 2.45) is 5.92 Å². The fraction of sp³-hybridized carbons (Fsp3) is 0.846. The lowest BCUT2D eigenvalue weighted by Crippen LogP contribution is -2.44. The fourth-order valence-corrected chi connectivity index (χ4v) is 2.43. The maximum absolute atomic E-state index is 5.81. The molecule has 5 heteroatoms. The summed E-state index contributed by atoms with van der Waals surface area (Å²) in [6.45, 7) is 11.5. The van der Waals surface area contributed by atoms with Crippen LogP contribution in [0.4, 0.5) is 0 Å². The van der Waals surface area contributed by atoms with Crippen molar-refractivity contribution in [2.75, 3.05) is 26.2 Å². The quantitative estimate of drug-likeness (QED) is 0.793. The van der Waals surface area contributed by atoms with Crippen LogP contribution in [0.15, 0.2) is 6.33 Å². The molecule has 1 saturated heterocycles. The van der Waals surface area contributed by atoms with E-state index >= 15 is 0 Å². The standard InChI is InChI=1S/C13H24N4O/c1-11(2)8-13-9-16(6-7-18-13)4-5-17-10-14-15-12(17)3/h10-11,13H,4-9H2,1-3H3/t13-/m0/s1. The molecule has 102 valence electrons. The maximum atomic E-state index is 5.81. The molecule has 0 saturated carbocycles. The number of hydrogen-bond donors (Lipinski definition) is 0. The predicted octanol–water partition coefficient (Wildman–Crippen LogP) is 1.33. The van der Waals surface area contributed by atoms with Crippen molar-refractivity contribution >= 4 is 0 Å². The zero-order chi connectivity index (χ0) is 13.0. The average Bonchev–Trinajstić information content (AvgIpc) is 2.72. The van der Waals surface area contributed by atoms with Gasteiger partial charge >= 0.3 is 0 Å². The van der Waals surface area contributed by atoms with Crippen molar-refractivity contribution in [2.45, 2.75) is 39.8 Å². The van der Waals surface area contributed by atoms with E-state index in [1.54, 1.807) is 6.33 Å². The predicted molar refractivity (Wildman–Crippen MR) is 70.4 cm³/mol. The summed E-state index contributed by atoms with van der Waals surface area (Å²) in [6, 6.07) is 0. The van der Waals surface area contributed by atoms with Crippen LogP contribution in [0.25, 0.3) is 0 Å². The van der Waals surface area contributed by atoms with E-state index < -0.39 is 0 Å². The highest BCUT2D eigenvalue weighted by Gasteiger charge is 2.20. The molecule has 1 aromatic heterocycles. The molecule has 0 aromatic carbocycles. The summed E-state index contributed by atoms with van der Waals surface area (Å²) in [5.41, 5.74) is 0. The van der Waals surface area contributed by atoms with Gasteiger partial charge in [0.05, 0.1) is 12.7 Å². The number of morpholine rings is 1. The maximum Gasteiger partial charge on any atom is 0.129 e. The van der Waals surface area contributed by atoms with Crippen molar-refractivity contribution in [1.29, 1.82) is 0 Å². The van der Waals surface area contributed by atoms with Crippen LogP contribution < -0.4 is 0 Å². The van der Waals surface area contributed by atoms with Crippen LogP contribution in [0.3, 0.4) is 0 Å². The Morgan fingerprint density at radius 3 is 2.94 bits per heavy atom. The van der Waals surface area contributed by atoms with Crippen molar-refractivity contribution in [1.82, 2.24) is 19.7 Å². The van der Waals surface area contributed by atoms with E-state index in [0.29, 0.717) is 12.0 Å². The number of aromatic nitrogens is 3. The molecule has 2 heterocycles. The molecular formula is C13H24N4O. The number of rotatable bonds is 5. The first-order valence-electron chi connectivity index (χ1n) is 6.83. The average molecular weight is 252 g/mol. The third-order valence-electron chi connectivity index (χ3n) is 3.42. The van der Waals surface area contributed by atoms with Gasteiger partial charge in [0.15, 0.2) is 0 Å². The molecule has 18 heavy (non-hydrogen) atoms. The Hall–Kier alpha value is -0.940. The summed E-state index contributed by atoms with van der Waals surface area (Å²) in [4.78, 5) is 2.48. The first kappa shape index (κ1) is 13.5. The highest BCUT2D eigenvalue weighted by Crippen LogP contribution is 2.13. The zero-order valence-corrected chi connectivity index (χ0v) is 11.7. The van der Waals surface area contributed by atoms with E-state index in [0.717, 1.165) is 45.0 Å². The van der Waals surface area contributed by atoms with Gasteiger partial charge in [-0.3, -0.25) is 4.90 Å². The summed E-state index contributed by atoms with van der Waals surface area (Å²) in [5.74, 6) is 1.69. The van der Waals surface area contributed by atoms with Crippen molar-refractivity contribution in [3.05, 3.63) is 12.2 Å². The molecule has 5 nitrogen and oxygen atoms in total. The monoisotopic (exact) mass is 252 g/mol. The van der Waals surface area contributed by atoms with Crippen LogP contribution in [-0.2, 0) is 11.3 Å². The molecule has 1 atom stereocenters. The van der Waals surface area contributed by atoms with Gasteiger partial charge in [-0.05, 0) is 19.3 Å². The first-order chi connectivity index (χ1) is 8.65. The van der Waals surface area contributed by atoms with Crippen LogP contribution in [0.1, 0.15) is 26.1 Å². The highest BCUT2D eigenvalue weighted by atomic mass is 16.5. The summed E-state index contributed by atoms with van der Waals surface area (Å²) >= 11 is 0. The molecule has 1 fully saturated rings. The summed E-state index contributed by atoms with van der Waals surface area (Å²) in [5, 5.41) is 7.91. The molecule has 0 aliphatic carbocycles. The van der Waals surface area contributed by atoms with E-state index in [-0.39, 0.29) is 0 Å². The molecule has 2 rings (SSSR count). The topological polar surface area (TPSA) is 43.2 Å². The Bertz CT molecular complexity index is 364. The van der Waals surface area contributed by atoms with E-state index in [9.17, 15) is 0 Å². The normalized spacial score (nSPS) is 21.7. The Morgan fingerprint density at radius 1 is 1.44 bits per heavy atom. The molecule has 0 N–H and O–H groups in total. The van der Waals surface area contributed by atoms with Crippen LogP contribution in [0.2, 0.25) is 0 Å². The van der Waals surface area contributed by atoms with Crippen molar-refractivity contribution in [3.8, 4) is 0 Å². The summed E-state index contributed by atoms with van der Waals surface area (Å²) in [7, 11) is 0. The second kappa shape index (κ2) is 6.29. The van der Waals surface area contributed by atoms with Crippen LogP contribution >= 0.6 is 0 Å². The lowest BCUT2D eigenvalue weighted by Gasteiger charge is -2.33. The second-order valence-corrected chi connectivity index (χ2v) is 5.49. The Balaban J connectivity index is 1.77. The van der Waals surface area contributed by atoms with E-state index in [1.807, 2.05) is 6.92 Å². The van der Waals surface area contributed by atoms with Gasteiger partial charge in [0.1, 0.15) is 12.2 Å². The molecule has 1 aromatic rings. The minimum atomic E-state index is 0.403. The highest BCUT2D eigenvalue weighted by molar-refractivity contribution is 4.81. The molecule has 0 unspecified atom stereocenters. The minimum absolute atomic E-state index is 0.403. The van der Waals surface area contributed by atoms with E-state index in [4.69, 9.17) is 4.74 Å². The number of nitrogens with zero attached hydrogens (tertiary/aromatic N) is 4. The SMILES string of the molecule is Cc1nncn1CCN1CCO[C@@H](CC(C)C)C1. The first-order valence-corrected chi connectivity index (χ1v) is 6.83. The zero-order valence-electron chi connectivity index (χ0n) is 11.7. The van der Waals surface area contributed by atoms with Gasteiger partial charge in [-0.2, -0.15) is 0 Å². The van der Waals surface area contributed by atoms with E-state index in [1.165, 1.54) is 0 Å². The van der Waals surface area contributed by atoms with Crippen molar-refractivity contribution in [3.63, 3.8) is 0 Å². The Labute approximate surface area is 109 Å². The van der Waals surface area contributed by atoms with Crippen LogP contribution in [-0.4, -0.2) is 52.0 Å². The van der Waals surface area contributed by atoms with Gasteiger partial charge in [0.25, 0.3) is 0 Å². The lowest BCUT2D eigenvalue weighted by molar-refractivity contribution is -0.0380. The fourth-order valence-electron chi connectivity index (χ4n) is 2.43. The van der Waals surface area contributed by atoms with Gasteiger partial charge < -0.3 is 9.30 Å². The molecule has 0 bridgehead atoms. The largest absolute Gasteiger partial charge is 0.376 e. The van der Waals surface area contributed by atoms with Crippen LogP contribution in [0.5, 0.6) is 0 Å². The molecule has 0 radical (unpaired) electrons. The number of aryl methyl sites for hydroxylation is 1. The molecule has 0 amide bonds. The second-order valence-electron chi connectivity index (χ2n) is 5.49. The lowest BCUT2D eigenvalue weighted by atomic mass is 10.0. The van der Waals surface area contributed by atoms with Crippen molar-refractivity contribution < 1.29 is 4.74 Å². The summed E-state index contributed by atoms with van der Waals surface area (Å²) < 4.78 is 7.91. The smallest absolute Gasteiger partial charge is 0.129 e. The van der Waals surface area contributed by atoms with E-state index in [2.05, 4.69) is 33.5 Å². The minimum Gasteiger partial charge on any atom is -0.376 e. The van der Waals surface area contributed by atoms with Crippen LogP contribution in [0, 0.1) is 12.8 Å². The third-order valence-corrected chi connectivity index (χ3v) is 3.42. The van der Waals surface area contributed by atoms with Gasteiger partial charge in [0.2, 0.25) is 0 Å².